The first-order valence-electron chi connectivity index (χ1n) is 12.7. The second kappa shape index (κ2) is 14.2. The Bertz CT molecular complexity index is 1440. The zero-order chi connectivity index (χ0) is 30.3. The average molecular weight is 601 g/mol. The van der Waals surface area contributed by atoms with Crippen LogP contribution in [-0.4, -0.2) is 79.6 Å². The fourth-order valence-corrected chi connectivity index (χ4v) is 4.38. The maximum atomic E-state index is 12.3. The number of rotatable bonds is 13. The molecule has 11 nitrogen and oxygen atoms in total. The summed E-state index contributed by atoms with van der Waals surface area (Å²) in [5.41, 5.74) is 4.29. The third-order valence-corrected chi connectivity index (χ3v) is 7.42. The Morgan fingerprint density at radius 2 is 1.80 bits per heavy atom. The highest BCUT2D eigenvalue weighted by Gasteiger charge is 2.18. The summed E-state index contributed by atoms with van der Waals surface area (Å²) in [5.74, 6) is 0.772. The number of nitrogens with one attached hydrogen (secondary N) is 3. The topological polar surface area (TPSA) is 115 Å². The fraction of sp³-hybridized carbons (Fsp3) is 0.321. The lowest BCUT2D eigenvalue weighted by Gasteiger charge is -2.26. The van der Waals surface area contributed by atoms with Gasteiger partial charge in [-0.05, 0) is 50.9 Å². The van der Waals surface area contributed by atoms with Gasteiger partial charge in [-0.1, -0.05) is 24.2 Å². The molecule has 0 aliphatic heterocycles. The zero-order valence-corrected chi connectivity index (χ0v) is 26.0. The van der Waals surface area contributed by atoms with E-state index in [-0.39, 0.29) is 11.9 Å². The SMILES string of the molecule is C=CC(=O)Nc1cc(Nc2ncc(Cl)c(Nc3ccc(C)cc3N(C)S(C)=O)n2)c(OC)cc1N(C)CCN(C)C. The predicted molar refractivity (Wildman–Crippen MR) is 171 cm³/mol. The van der Waals surface area contributed by atoms with Gasteiger partial charge in [-0.3, -0.25) is 9.10 Å². The molecule has 0 bridgehead atoms. The van der Waals surface area contributed by atoms with Crippen molar-refractivity contribution in [1.82, 2.24) is 14.9 Å². The van der Waals surface area contributed by atoms with Crippen LogP contribution >= 0.6 is 11.6 Å². The molecule has 3 aromatic rings. The lowest BCUT2D eigenvalue weighted by molar-refractivity contribution is -0.111. The fourth-order valence-electron chi connectivity index (χ4n) is 3.82. The number of benzene rings is 2. The highest BCUT2D eigenvalue weighted by Crippen LogP contribution is 2.38. The first kappa shape index (κ1) is 31.7. The summed E-state index contributed by atoms with van der Waals surface area (Å²) < 4.78 is 19.5. The number of halogens is 1. The summed E-state index contributed by atoms with van der Waals surface area (Å²) in [6, 6.07) is 9.34. The molecule has 2 aromatic carbocycles. The van der Waals surface area contributed by atoms with Crippen LogP contribution in [0.2, 0.25) is 5.02 Å². The molecule has 0 saturated carbocycles. The van der Waals surface area contributed by atoms with Gasteiger partial charge in [-0.2, -0.15) is 4.98 Å². The number of aromatic nitrogens is 2. The molecule has 0 radical (unpaired) electrons. The maximum absolute atomic E-state index is 12.3. The Hall–Kier alpha value is -3.87. The minimum absolute atomic E-state index is 0.242. The number of nitrogens with zero attached hydrogens (tertiary/aromatic N) is 5. The van der Waals surface area contributed by atoms with Crippen molar-refractivity contribution >= 4 is 68.7 Å². The van der Waals surface area contributed by atoms with Gasteiger partial charge >= 0.3 is 0 Å². The van der Waals surface area contributed by atoms with E-state index in [1.54, 1.807) is 30.8 Å². The third kappa shape index (κ3) is 8.32. The second-order valence-electron chi connectivity index (χ2n) is 9.57. The Balaban J connectivity index is 1.99. The molecule has 0 saturated heterocycles. The summed E-state index contributed by atoms with van der Waals surface area (Å²) in [7, 11) is 8.02. The minimum atomic E-state index is -1.24. The van der Waals surface area contributed by atoms with Crippen LogP contribution in [0, 0.1) is 6.92 Å². The van der Waals surface area contributed by atoms with Gasteiger partial charge in [0.1, 0.15) is 21.8 Å². The molecule has 3 N–H and O–H groups in total. The van der Waals surface area contributed by atoms with E-state index < -0.39 is 11.0 Å². The van der Waals surface area contributed by atoms with E-state index in [0.717, 1.165) is 30.0 Å². The van der Waals surface area contributed by atoms with Crippen molar-refractivity contribution in [3.8, 4) is 5.75 Å². The number of methoxy groups -OCH3 is 1. The van der Waals surface area contributed by atoms with Crippen LogP contribution in [0.15, 0.2) is 49.2 Å². The Kier molecular flexibility index (Phi) is 10.9. The van der Waals surface area contributed by atoms with Crippen LogP contribution < -0.4 is 29.9 Å². The summed E-state index contributed by atoms with van der Waals surface area (Å²) in [6.45, 7) is 7.06. The van der Waals surface area contributed by atoms with Crippen LogP contribution in [0.1, 0.15) is 5.56 Å². The highest BCUT2D eigenvalue weighted by molar-refractivity contribution is 7.85. The Morgan fingerprint density at radius 1 is 1.07 bits per heavy atom. The number of anilines is 7. The Morgan fingerprint density at radius 3 is 2.44 bits per heavy atom. The molecule has 1 aromatic heterocycles. The van der Waals surface area contributed by atoms with Crippen molar-refractivity contribution in [3.05, 3.63) is 59.8 Å². The van der Waals surface area contributed by atoms with Crippen LogP contribution in [0.5, 0.6) is 5.75 Å². The number of carbonyl (C=O) groups is 1. The molecule has 13 heteroatoms. The molecular weight excluding hydrogens is 564 g/mol. The highest BCUT2D eigenvalue weighted by atomic mass is 35.5. The van der Waals surface area contributed by atoms with E-state index >= 15 is 0 Å². The molecule has 3 rings (SSSR count). The maximum Gasteiger partial charge on any atom is 0.247 e. The van der Waals surface area contributed by atoms with Crippen molar-refractivity contribution in [2.75, 3.05) is 79.8 Å². The first-order valence-corrected chi connectivity index (χ1v) is 14.6. The van der Waals surface area contributed by atoms with Crippen LogP contribution in [-0.2, 0) is 15.8 Å². The summed E-state index contributed by atoms with van der Waals surface area (Å²) in [5, 5.41) is 9.60. The van der Waals surface area contributed by atoms with Crippen molar-refractivity contribution in [3.63, 3.8) is 0 Å². The largest absolute Gasteiger partial charge is 0.494 e. The van der Waals surface area contributed by atoms with Crippen LogP contribution in [0.3, 0.4) is 0 Å². The van der Waals surface area contributed by atoms with E-state index in [1.165, 1.54) is 12.3 Å². The lowest BCUT2D eigenvalue weighted by atomic mass is 10.2. The third-order valence-electron chi connectivity index (χ3n) is 6.18. The van der Waals surface area contributed by atoms with Crippen LogP contribution in [0.25, 0.3) is 0 Å². The first-order chi connectivity index (χ1) is 19.4. The normalized spacial score (nSPS) is 11.5. The molecule has 1 amide bonds. The quantitative estimate of drug-likeness (QED) is 0.238. The molecule has 0 aliphatic carbocycles. The monoisotopic (exact) mass is 600 g/mol. The predicted octanol–water partition coefficient (Wildman–Crippen LogP) is 4.79. The molecule has 0 spiro atoms. The summed E-state index contributed by atoms with van der Waals surface area (Å²) in [4.78, 5) is 25.3. The summed E-state index contributed by atoms with van der Waals surface area (Å²) in [6.07, 6.45) is 4.30. The number of ether oxygens (including phenoxy) is 1. The number of aryl methyl sites for hydroxylation is 1. The van der Waals surface area contributed by atoms with E-state index in [2.05, 4.69) is 37.4 Å². The number of hydrogen-bond donors (Lipinski definition) is 3. The van der Waals surface area contributed by atoms with E-state index in [1.807, 2.05) is 57.2 Å². The Labute approximate surface area is 249 Å². The van der Waals surface area contributed by atoms with Gasteiger partial charge in [0.25, 0.3) is 0 Å². The smallest absolute Gasteiger partial charge is 0.247 e. The number of likely N-dealkylation sites (N-methyl/N-ethyl adjacent to an activating group) is 2. The lowest BCUT2D eigenvalue weighted by Crippen LogP contribution is -2.29. The zero-order valence-electron chi connectivity index (χ0n) is 24.4. The van der Waals surface area contributed by atoms with Gasteiger partial charge in [-0.25, -0.2) is 9.19 Å². The molecule has 220 valence electrons. The van der Waals surface area contributed by atoms with Gasteiger partial charge in [0.05, 0.1) is 41.7 Å². The molecule has 41 heavy (non-hydrogen) atoms. The molecule has 1 unspecified atom stereocenters. The number of hydrogen-bond acceptors (Lipinski definition) is 9. The summed E-state index contributed by atoms with van der Waals surface area (Å²) >= 11 is 6.46. The van der Waals surface area contributed by atoms with Crippen LogP contribution in [0.4, 0.5) is 40.2 Å². The molecular formula is C28H37ClN8O3S. The van der Waals surface area contributed by atoms with Gasteiger partial charge in [-0.15, -0.1) is 0 Å². The number of amides is 1. The van der Waals surface area contributed by atoms with E-state index in [9.17, 15) is 9.00 Å². The van der Waals surface area contributed by atoms with Gasteiger partial charge in [0.2, 0.25) is 11.9 Å². The molecule has 0 fully saturated rings. The molecule has 1 heterocycles. The van der Waals surface area contributed by atoms with Crippen molar-refractivity contribution in [1.29, 1.82) is 0 Å². The average Bonchev–Trinajstić information content (AvgIpc) is 2.93. The van der Waals surface area contributed by atoms with Crippen molar-refractivity contribution < 1.29 is 13.7 Å². The van der Waals surface area contributed by atoms with Gasteiger partial charge in [0, 0.05) is 39.5 Å². The molecule has 0 aliphatic rings. The minimum Gasteiger partial charge on any atom is -0.494 e. The molecule has 1 atom stereocenters. The number of carbonyl (C=O) groups excluding carboxylic acids is 1. The van der Waals surface area contributed by atoms with E-state index in [4.69, 9.17) is 16.3 Å². The van der Waals surface area contributed by atoms with Crippen molar-refractivity contribution in [2.45, 2.75) is 6.92 Å². The van der Waals surface area contributed by atoms with Crippen molar-refractivity contribution in [2.24, 2.45) is 0 Å². The standard InChI is InChI=1S/C28H37ClN8O3S/c1-9-26(38)31-21-15-22(25(40-7)16-23(21)36(5)13-12-35(3)4)33-28-30-17-19(29)27(34-28)32-20-11-10-18(2)14-24(20)37(6)41(8)39/h9-11,14-17H,1,12-13H2,2-8H3,(H,31,38)(H2,30,32,33,34). The van der Waals surface area contributed by atoms with Gasteiger partial charge in [0.15, 0.2) is 5.82 Å². The second-order valence-corrected chi connectivity index (χ2v) is 11.4. The van der Waals surface area contributed by atoms with E-state index in [0.29, 0.717) is 33.7 Å². The van der Waals surface area contributed by atoms with Gasteiger partial charge < -0.3 is 30.5 Å².